The van der Waals surface area contributed by atoms with Crippen molar-refractivity contribution in [2.75, 3.05) is 11.9 Å². The normalized spacial score (nSPS) is 16.0. The third-order valence-corrected chi connectivity index (χ3v) is 5.40. The molecule has 6 nitrogen and oxygen atoms in total. The number of carbonyl (C=O) groups is 3. The maximum Gasteiger partial charge on any atom is 0.294 e. The van der Waals surface area contributed by atoms with Crippen LogP contribution < -0.4 is 10.1 Å². The lowest BCUT2D eigenvalue weighted by atomic mass is 10.1. The van der Waals surface area contributed by atoms with E-state index in [2.05, 4.69) is 5.32 Å². The van der Waals surface area contributed by atoms with E-state index in [1.54, 1.807) is 30.3 Å². The zero-order chi connectivity index (χ0) is 22.5. The van der Waals surface area contributed by atoms with Crippen LogP contribution in [0.25, 0.3) is 6.08 Å². The molecule has 1 saturated heterocycles. The lowest BCUT2D eigenvalue weighted by Crippen LogP contribution is -2.36. The van der Waals surface area contributed by atoms with E-state index in [9.17, 15) is 23.2 Å². The van der Waals surface area contributed by atoms with Crippen LogP contribution in [0.1, 0.15) is 25.8 Å². The first-order valence-electron chi connectivity index (χ1n) is 9.54. The summed E-state index contributed by atoms with van der Waals surface area (Å²) in [5, 5.41) is 1.61. The molecule has 3 rings (SSSR count). The van der Waals surface area contributed by atoms with Crippen molar-refractivity contribution in [2.45, 2.75) is 26.4 Å². The molecule has 1 N–H and O–H groups in total. The number of hydrogen-bond acceptors (Lipinski definition) is 5. The number of benzene rings is 2. The van der Waals surface area contributed by atoms with E-state index < -0.39 is 35.2 Å². The van der Waals surface area contributed by atoms with Crippen molar-refractivity contribution in [3.8, 4) is 5.75 Å². The molecule has 3 amide bonds. The summed E-state index contributed by atoms with van der Waals surface area (Å²) in [7, 11) is 0. The van der Waals surface area contributed by atoms with E-state index in [0.29, 0.717) is 29.1 Å². The van der Waals surface area contributed by atoms with Crippen LogP contribution in [0, 0.1) is 11.6 Å². The van der Waals surface area contributed by atoms with Crippen molar-refractivity contribution in [3.63, 3.8) is 0 Å². The summed E-state index contributed by atoms with van der Waals surface area (Å²) in [6.45, 7) is 3.32. The number of ether oxygens (including phenoxy) is 1. The van der Waals surface area contributed by atoms with Gasteiger partial charge >= 0.3 is 0 Å². The molecule has 9 heteroatoms. The highest BCUT2D eigenvalue weighted by Crippen LogP contribution is 2.34. The Labute approximate surface area is 182 Å². The summed E-state index contributed by atoms with van der Waals surface area (Å²) < 4.78 is 32.6. The fourth-order valence-corrected chi connectivity index (χ4v) is 3.54. The maximum atomic E-state index is 13.7. The van der Waals surface area contributed by atoms with Gasteiger partial charge in [0.15, 0.2) is 0 Å². The third-order valence-electron chi connectivity index (χ3n) is 4.49. The lowest BCUT2D eigenvalue weighted by molar-refractivity contribution is -0.127. The van der Waals surface area contributed by atoms with Crippen LogP contribution in [0.2, 0.25) is 0 Å². The second kappa shape index (κ2) is 9.74. The molecule has 1 aliphatic rings. The van der Waals surface area contributed by atoms with Crippen molar-refractivity contribution in [1.82, 2.24) is 4.90 Å². The van der Waals surface area contributed by atoms with Gasteiger partial charge in [-0.15, -0.1) is 0 Å². The topological polar surface area (TPSA) is 75.7 Å². The molecule has 0 bridgehead atoms. The zero-order valence-corrected chi connectivity index (χ0v) is 17.7. The first-order chi connectivity index (χ1) is 14.8. The number of nitrogens with one attached hydrogen (secondary N) is 1. The number of amides is 3. The van der Waals surface area contributed by atoms with E-state index >= 15 is 0 Å². The number of thioether (sulfide) groups is 1. The third kappa shape index (κ3) is 5.49. The van der Waals surface area contributed by atoms with Crippen LogP contribution in [0.3, 0.4) is 0 Å². The summed E-state index contributed by atoms with van der Waals surface area (Å²) in [6.07, 6.45) is 2.31. The number of rotatable bonds is 7. The summed E-state index contributed by atoms with van der Waals surface area (Å²) in [5.41, 5.74) is 0.385. The van der Waals surface area contributed by atoms with Crippen LogP contribution in [0.15, 0.2) is 47.4 Å². The van der Waals surface area contributed by atoms with Gasteiger partial charge in [0.2, 0.25) is 5.91 Å². The van der Waals surface area contributed by atoms with Gasteiger partial charge in [-0.1, -0.05) is 25.1 Å². The number of para-hydroxylation sites is 1. The number of hydrogen-bond donors (Lipinski definition) is 1. The monoisotopic (exact) mass is 446 g/mol. The van der Waals surface area contributed by atoms with Crippen LogP contribution in [0.4, 0.5) is 19.3 Å². The quantitative estimate of drug-likeness (QED) is 0.618. The van der Waals surface area contributed by atoms with Crippen LogP contribution in [-0.4, -0.2) is 34.6 Å². The number of imide groups is 1. The van der Waals surface area contributed by atoms with E-state index in [0.717, 1.165) is 23.5 Å². The highest BCUT2D eigenvalue weighted by atomic mass is 32.2. The number of halogens is 2. The molecule has 0 radical (unpaired) electrons. The average Bonchev–Trinajstić information content (AvgIpc) is 2.98. The Morgan fingerprint density at radius 1 is 1.23 bits per heavy atom. The standard InChI is InChI=1S/C22H20F2N2O4S/c1-3-13(2)30-18-7-5-4-6-14(18)10-19-21(28)26(22(29)31-19)12-20(27)25-17-9-8-15(23)11-16(17)24/h4-11,13H,3,12H2,1-2H3,(H,25,27)/b19-10+/t13-/m1/s1. The molecule has 1 atom stereocenters. The largest absolute Gasteiger partial charge is 0.490 e. The Morgan fingerprint density at radius 3 is 2.68 bits per heavy atom. The summed E-state index contributed by atoms with van der Waals surface area (Å²) in [6, 6.07) is 9.79. The van der Waals surface area contributed by atoms with Crippen molar-refractivity contribution >= 4 is 40.6 Å². The fraction of sp³-hybridized carbons (Fsp3) is 0.227. The highest BCUT2D eigenvalue weighted by molar-refractivity contribution is 8.18. The van der Waals surface area contributed by atoms with Gasteiger partial charge in [-0.25, -0.2) is 8.78 Å². The van der Waals surface area contributed by atoms with Gasteiger partial charge in [-0.3, -0.25) is 19.3 Å². The molecular formula is C22H20F2N2O4S. The van der Waals surface area contributed by atoms with Crippen molar-refractivity contribution < 1.29 is 27.9 Å². The molecule has 1 fully saturated rings. The van der Waals surface area contributed by atoms with E-state index in [1.165, 1.54) is 0 Å². The molecule has 1 heterocycles. The zero-order valence-electron chi connectivity index (χ0n) is 16.9. The molecule has 0 aromatic heterocycles. The van der Waals surface area contributed by atoms with Gasteiger partial charge in [0.1, 0.15) is 23.9 Å². The minimum Gasteiger partial charge on any atom is -0.490 e. The highest BCUT2D eigenvalue weighted by Gasteiger charge is 2.36. The van der Waals surface area contributed by atoms with E-state index in [-0.39, 0.29) is 16.7 Å². The molecule has 0 aliphatic carbocycles. The molecule has 2 aromatic carbocycles. The molecule has 0 saturated carbocycles. The summed E-state index contributed by atoms with van der Waals surface area (Å²) >= 11 is 0.703. The van der Waals surface area contributed by atoms with Gasteiger partial charge < -0.3 is 10.1 Å². The van der Waals surface area contributed by atoms with E-state index in [4.69, 9.17) is 4.74 Å². The molecule has 1 aliphatic heterocycles. The minimum absolute atomic E-state index is 0.0276. The smallest absolute Gasteiger partial charge is 0.294 e. The first-order valence-corrected chi connectivity index (χ1v) is 10.4. The van der Waals surface area contributed by atoms with Crippen LogP contribution in [-0.2, 0) is 9.59 Å². The van der Waals surface area contributed by atoms with Gasteiger partial charge in [0.05, 0.1) is 16.7 Å². The maximum absolute atomic E-state index is 13.7. The van der Waals surface area contributed by atoms with Crippen molar-refractivity contribution in [3.05, 3.63) is 64.6 Å². The lowest BCUT2D eigenvalue weighted by Gasteiger charge is -2.15. The number of carbonyl (C=O) groups excluding carboxylic acids is 3. The molecule has 0 spiro atoms. The van der Waals surface area contributed by atoms with Gasteiger partial charge in [-0.05, 0) is 49.4 Å². The molecule has 162 valence electrons. The Hall–Kier alpha value is -3.20. The molecule has 2 aromatic rings. The van der Waals surface area contributed by atoms with Crippen molar-refractivity contribution in [1.29, 1.82) is 0 Å². The molecule has 31 heavy (non-hydrogen) atoms. The molecule has 0 unspecified atom stereocenters. The van der Waals surface area contributed by atoms with Crippen LogP contribution in [0.5, 0.6) is 5.75 Å². The van der Waals surface area contributed by atoms with Crippen molar-refractivity contribution in [2.24, 2.45) is 0 Å². The predicted molar refractivity (Wildman–Crippen MR) is 114 cm³/mol. The SMILES string of the molecule is CC[C@@H](C)Oc1ccccc1/C=C1/SC(=O)N(CC(=O)Nc2ccc(F)cc2F)C1=O. The van der Waals surface area contributed by atoms with Gasteiger partial charge in [0, 0.05) is 11.6 Å². The van der Waals surface area contributed by atoms with Crippen LogP contribution >= 0.6 is 11.8 Å². The average molecular weight is 446 g/mol. The fourth-order valence-electron chi connectivity index (χ4n) is 2.71. The summed E-state index contributed by atoms with van der Waals surface area (Å²) in [5.74, 6) is -2.59. The number of anilines is 1. The van der Waals surface area contributed by atoms with E-state index in [1.807, 2.05) is 13.8 Å². The van der Waals surface area contributed by atoms with Gasteiger partial charge in [-0.2, -0.15) is 0 Å². The predicted octanol–water partition coefficient (Wildman–Crippen LogP) is 4.82. The second-order valence-electron chi connectivity index (χ2n) is 6.81. The Balaban J connectivity index is 1.73. The van der Waals surface area contributed by atoms with Gasteiger partial charge in [0.25, 0.3) is 11.1 Å². The Morgan fingerprint density at radius 2 is 1.97 bits per heavy atom. The Bertz CT molecular complexity index is 1060. The number of nitrogens with zero attached hydrogens (tertiary/aromatic N) is 1. The minimum atomic E-state index is -0.958. The summed E-state index contributed by atoms with van der Waals surface area (Å²) in [4.78, 5) is 38.1. The Kier molecular flexibility index (Phi) is 7.06. The second-order valence-corrected chi connectivity index (χ2v) is 7.81. The first kappa shape index (κ1) is 22.5. The molecular weight excluding hydrogens is 426 g/mol.